The van der Waals surface area contributed by atoms with Crippen molar-refractivity contribution >= 4 is 5.91 Å². The van der Waals surface area contributed by atoms with Crippen LogP contribution in [0.25, 0.3) is 0 Å². The molecule has 4 heteroatoms. The van der Waals surface area contributed by atoms with E-state index in [1.165, 1.54) is 12.8 Å². The van der Waals surface area contributed by atoms with Crippen molar-refractivity contribution in [2.24, 2.45) is 5.92 Å². The summed E-state index contributed by atoms with van der Waals surface area (Å²) in [5.41, 5.74) is 0. The number of carbonyl (C=O) groups excluding carboxylic acids is 1. The van der Waals surface area contributed by atoms with Gasteiger partial charge in [-0.1, -0.05) is 12.8 Å². The molecule has 1 amide bonds. The lowest BCUT2D eigenvalue weighted by atomic mass is 9.82. The molecule has 0 aromatic carbocycles. The number of carbonyl (C=O) groups is 1. The second-order valence-corrected chi connectivity index (χ2v) is 5.62. The zero-order valence-corrected chi connectivity index (χ0v) is 11.5. The van der Waals surface area contributed by atoms with Crippen molar-refractivity contribution in [3.8, 4) is 0 Å². The van der Waals surface area contributed by atoms with Crippen LogP contribution in [0.15, 0.2) is 0 Å². The molecule has 0 aromatic rings. The first kappa shape index (κ1) is 13.8. The highest BCUT2D eigenvalue weighted by Crippen LogP contribution is 2.29. The van der Waals surface area contributed by atoms with Gasteiger partial charge in [0.1, 0.15) is 6.61 Å². The first-order chi connectivity index (χ1) is 8.79. The normalized spacial score (nSPS) is 28.6. The topological polar surface area (TPSA) is 41.6 Å². The molecule has 1 saturated carbocycles. The molecule has 0 spiro atoms. The lowest BCUT2D eigenvalue weighted by Crippen LogP contribution is -2.40. The van der Waals surface area contributed by atoms with E-state index in [-0.39, 0.29) is 12.5 Å². The summed E-state index contributed by atoms with van der Waals surface area (Å²) in [5.74, 6) is 0.933. The van der Waals surface area contributed by atoms with Crippen LogP contribution in [0, 0.1) is 5.92 Å². The molecule has 2 rings (SSSR count). The van der Waals surface area contributed by atoms with E-state index < -0.39 is 0 Å². The van der Waals surface area contributed by atoms with E-state index in [0.29, 0.717) is 6.10 Å². The molecular formula is C14H26N2O2. The van der Waals surface area contributed by atoms with Gasteiger partial charge in [0.25, 0.3) is 0 Å². The highest BCUT2D eigenvalue weighted by atomic mass is 16.5. The Balaban J connectivity index is 1.60. The van der Waals surface area contributed by atoms with Crippen LogP contribution in [-0.2, 0) is 9.53 Å². The van der Waals surface area contributed by atoms with Gasteiger partial charge in [0.15, 0.2) is 0 Å². The second kappa shape index (κ2) is 7.10. The quantitative estimate of drug-likeness (QED) is 0.806. The van der Waals surface area contributed by atoms with E-state index in [2.05, 4.69) is 5.32 Å². The SMILES string of the molecule is CNCC1CC(OCC(=O)N2CCCCCC2)C1. The second-order valence-electron chi connectivity index (χ2n) is 5.62. The maximum atomic E-state index is 12.0. The van der Waals surface area contributed by atoms with E-state index in [0.717, 1.165) is 51.2 Å². The molecule has 1 N–H and O–H groups in total. The fraction of sp³-hybridized carbons (Fsp3) is 0.929. The Morgan fingerprint density at radius 3 is 2.50 bits per heavy atom. The zero-order chi connectivity index (χ0) is 12.8. The molecular weight excluding hydrogens is 228 g/mol. The first-order valence-electron chi connectivity index (χ1n) is 7.33. The Bertz CT molecular complexity index is 257. The van der Waals surface area contributed by atoms with E-state index in [1.807, 2.05) is 11.9 Å². The Labute approximate surface area is 110 Å². The predicted molar refractivity (Wildman–Crippen MR) is 71.4 cm³/mol. The summed E-state index contributed by atoms with van der Waals surface area (Å²) in [6, 6.07) is 0. The minimum Gasteiger partial charge on any atom is -0.368 e. The largest absolute Gasteiger partial charge is 0.368 e. The molecule has 4 nitrogen and oxygen atoms in total. The highest BCUT2D eigenvalue weighted by molar-refractivity contribution is 5.77. The van der Waals surface area contributed by atoms with Gasteiger partial charge in [-0.25, -0.2) is 0 Å². The van der Waals surface area contributed by atoms with E-state index in [4.69, 9.17) is 4.74 Å². The fourth-order valence-corrected chi connectivity index (χ4v) is 2.87. The molecule has 1 aliphatic heterocycles. The van der Waals surface area contributed by atoms with Gasteiger partial charge in [-0.05, 0) is 45.2 Å². The fourth-order valence-electron chi connectivity index (χ4n) is 2.87. The third-order valence-corrected chi connectivity index (χ3v) is 4.09. The first-order valence-corrected chi connectivity index (χ1v) is 7.33. The van der Waals surface area contributed by atoms with Crippen molar-refractivity contribution in [3.63, 3.8) is 0 Å². The number of hydrogen-bond acceptors (Lipinski definition) is 3. The summed E-state index contributed by atoms with van der Waals surface area (Å²) < 4.78 is 5.69. The van der Waals surface area contributed by atoms with Crippen LogP contribution in [0.4, 0.5) is 0 Å². The molecule has 18 heavy (non-hydrogen) atoms. The molecule has 2 aliphatic rings. The molecule has 104 valence electrons. The van der Waals surface area contributed by atoms with Gasteiger partial charge >= 0.3 is 0 Å². The molecule has 0 radical (unpaired) electrons. The Morgan fingerprint density at radius 1 is 1.22 bits per heavy atom. The van der Waals surface area contributed by atoms with E-state index in [9.17, 15) is 4.79 Å². The van der Waals surface area contributed by atoms with Gasteiger partial charge in [-0.3, -0.25) is 4.79 Å². The van der Waals surface area contributed by atoms with Gasteiger partial charge in [-0.2, -0.15) is 0 Å². The lowest BCUT2D eigenvalue weighted by Gasteiger charge is -2.35. The van der Waals surface area contributed by atoms with Crippen LogP contribution >= 0.6 is 0 Å². The standard InChI is InChI=1S/C14H26N2O2/c1-15-10-12-8-13(9-12)18-11-14(17)16-6-4-2-3-5-7-16/h12-13,15H,2-11H2,1H3. The Kier molecular flexibility index (Phi) is 5.45. The lowest BCUT2D eigenvalue weighted by molar-refractivity contribution is -0.141. The van der Waals surface area contributed by atoms with Crippen LogP contribution < -0.4 is 5.32 Å². The van der Waals surface area contributed by atoms with Gasteiger partial charge in [0.05, 0.1) is 6.10 Å². The number of hydrogen-bond donors (Lipinski definition) is 1. The molecule has 1 aliphatic carbocycles. The number of amides is 1. The monoisotopic (exact) mass is 254 g/mol. The smallest absolute Gasteiger partial charge is 0.248 e. The maximum Gasteiger partial charge on any atom is 0.248 e. The van der Waals surface area contributed by atoms with Gasteiger partial charge in [-0.15, -0.1) is 0 Å². The van der Waals surface area contributed by atoms with Crippen molar-refractivity contribution in [2.75, 3.05) is 33.3 Å². The predicted octanol–water partition coefficient (Wildman–Crippen LogP) is 1.40. The maximum absolute atomic E-state index is 12.0. The summed E-state index contributed by atoms with van der Waals surface area (Å²) in [7, 11) is 1.98. The molecule has 1 heterocycles. The summed E-state index contributed by atoms with van der Waals surface area (Å²) in [4.78, 5) is 14.0. The summed E-state index contributed by atoms with van der Waals surface area (Å²) in [6.07, 6.45) is 7.36. The van der Waals surface area contributed by atoms with Crippen LogP contribution in [0.1, 0.15) is 38.5 Å². The van der Waals surface area contributed by atoms with Crippen LogP contribution in [0.2, 0.25) is 0 Å². The number of nitrogens with one attached hydrogen (secondary N) is 1. The van der Waals surface area contributed by atoms with E-state index >= 15 is 0 Å². The summed E-state index contributed by atoms with van der Waals surface area (Å²) in [6.45, 7) is 3.21. The molecule has 2 fully saturated rings. The summed E-state index contributed by atoms with van der Waals surface area (Å²) in [5, 5.41) is 3.18. The minimum atomic E-state index is 0.189. The highest BCUT2D eigenvalue weighted by Gasteiger charge is 2.30. The average molecular weight is 254 g/mol. The number of ether oxygens (including phenoxy) is 1. The van der Waals surface area contributed by atoms with Crippen molar-refractivity contribution in [2.45, 2.75) is 44.6 Å². The van der Waals surface area contributed by atoms with Gasteiger partial charge < -0.3 is 15.0 Å². The third-order valence-electron chi connectivity index (χ3n) is 4.09. The molecule has 1 saturated heterocycles. The molecule has 0 atom stereocenters. The van der Waals surface area contributed by atoms with Crippen molar-refractivity contribution in [1.82, 2.24) is 10.2 Å². The molecule has 0 bridgehead atoms. The Hall–Kier alpha value is -0.610. The van der Waals surface area contributed by atoms with E-state index in [1.54, 1.807) is 0 Å². The third kappa shape index (κ3) is 3.95. The molecule has 0 aromatic heterocycles. The minimum absolute atomic E-state index is 0.189. The van der Waals surface area contributed by atoms with Gasteiger partial charge in [0, 0.05) is 13.1 Å². The van der Waals surface area contributed by atoms with Crippen LogP contribution in [0.5, 0.6) is 0 Å². The number of likely N-dealkylation sites (tertiary alicyclic amines) is 1. The number of nitrogens with zero attached hydrogens (tertiary/aromatic N) is 1. The average Bonchev–Trinajstić information content (AvgIpc) is 2.60. The summed E-state index contributed by atoms with van der Waals surface area (Å²) >= 11 is 0. The number of rotatable bonds is 5. The van der Waals surface area contributed by atoms with Crippen LogP contribution in [0.3, 0.4) is 0 Å². The zero-order valence-electron chi connectivity index (χ0n) is 11.5. The van der Waals surface area contributed by atoms with Gasteiger partial charge in [0.2, 0.25) is 5.91 Å². The Morgan fingerprint density at radius 2 is 1.89 bits per heavy atom. The van der Waals surface area contributed by atoms with Crippen molar-refractivity contribution in [3.05, 3.63) is 0 Å². The van der Waals surface area contributed by atoms with Crippen molar-refractivity contribution in [1.29, 1.82) is 0 Å². The van der Waals surface area contributed by atoms with Crippen LogP contribution in [-0.4, -0.2) is 50.2 Å². The van der Waals surface area contributed by atoms with Crippen molar-refractivity contribution < 1.29 is 9.53 Å². The molecule has 0 unspecified atom stereocenters.